The van der Waals surface area contributed by atoms with Crippen molar-refractivity contribution in [3.63, 3.8) is 0 Å². The normalized spacial score (nSPS) is 32.0. The molecular weight excluding hydrogens is 180 g/mol. The van der Waals surface area contributed by atoms with Crippen molar-refractivity contribution in [3.05, 3.63) is 10.4 Å². The average Bonchev–Trinajstić information content (AvgIpc) is 2.64. The van der Waals surface area contributed by atoms with Crippen molar-refractivity contribution in [2.45, 2.75) is 25.3 Å². The summed E-state index contributed by atoms with van der Waals surface area (Å²) in [5.74, 6) is -4.48. The van der Waals surface area contributed by atoms with Gasteiger partial charge in [0, 0.05) is 16.7 Å². The van der Waals surface area contributed by atoms with Crippen LogP contribution in [0.5, 0.6) is 0 Å². The highest BCUT2D eigenvalue weighted by atomic mass is 19.3. The first-order chi connectivity index (χ1) is 6.09. The van der Waals surface area contributed by atoms with Gasteiger partial charge in [0.15, 0.2) is 0 Å². The molecule has 0 amide bonds. The Balaban J connectivity index is 2.68. The molecule has 0 aromatic heterocycles. The van der Waals surface area contributed by atoms with Crippen molar-refractivity contribution >= 4 is 0 Å². The summed E-state index contributed by atoms with van der Waals surface area (Å²) in [4.78, 5) is 2.43. The molecule has 3 unspecified atom stereocenters. The zero-order chi connectivity index (χ0) is 10.1. The maximum absolute atomic E-state index is 12.9. The second-order valence-electron chi connectivity index (χ2n) is 3.17. The SMILES string of the molecule is CCC1C(C(CO)N=[N+]=[N-])C1(F)F. The lowest BCUT2D eigenvalue weighted by Gasteiger charge is -2.04. The molecule has 74 valence electrons. The van der Waals surface area contributed by atoms with Crippen LogP contribution in [0.3, 0.4) is 0 Å². The van der Waals surface area contributed by atoms with Crippen LogP contribution < -0.4 is 0 Å². The molecule has 0 radical (unpaired) electrons. The van der Waals surface area contributed by atoms with Gasteiger partial charge < -0.3 is 5.11 Å². The number of azide groups is 1. The van der Waals surface area contributed by atoms with Crippen molar-refractivity contribution in [2.75, 3.05) is 6.61 Å². The van der Waals surface area contributed by atoms with Gasteiger partial charge in [-0.2, -0.15) is 0 Å². The molecule has 0 aliphatic heterocycles. The van der Waals surface area contributed by atoms with E-state index in [0.717, 1.165) is 0 Å². The summed E-state index contributed by atoms with van der Waals surface area (Å²) in [6.07, 6.45) is 0.342. The highest BCUT2D eigenvalue weighted by molar-refractivity contribution is 5.09. The number of halogens is 2. The molecule has 0 heterocycles. The Kier molecular flexibility index (Phi) is 2.73. The van der Waals surface area contributed by atoms with Crippen LogP contribution in [0, 0.1) is 11.8 Å². The van der Waals surface area contributed by atoms with E-state index in [-0.39, 0.29) is 0 Å². The molecule has 4 nitrogen and oxygen atoms in total. The molecule has 1 aliphatic carbocycles. The molecule has 1 N–H and O–H groups in total. The quantitative estimate of drug-likeness (QED) is 0.412. The highest BCUT2D eigenvalue weighted by Crippen LogP contribution is 2.59. The van der Waals surface area contributed by atoms with Crippen LogP contribution in [0.15, 0.2) is 5.11 Å². The highest BCUT2D eigenvalue weighted by Gasteiger charge is 2.69. The molecule has 0 spiro atoms. The largest absolute Gasteiger partial charge is 0.396 e. The van der Waals surface area contributed by atoms with Crippen LogP contribution in [0.4, 0.5) is 8.78 Å². The third kappa shape index (κ3) is 1.59. The number of alkyl halides is 2. The van der Waals surface area contributed by atoms with E-state index in [0.29, 0.717) is 6.42 Å². The zero-order valence-electron chi connectivity index (χ0n) is 7.19. The van der Waals surface area contributed by atoms with Gasteiger partial charge in [-0.05, 0) is 12.0 Å². The van der Waals surface area contributed by atoms with E-state index in [1.807, 2.05) is 0 Å². The van der Waals surface area contributed by atoms with Crippen molar-refractivity contribution in [1.29, 1.82) is 0 Å². The van der Waals surface area contributed by atoms with Gasteiger partial charge in [-0.3, -0.25) is 0 Å². The van der Waals surface area contributed by atoms with E-state index in [2.05, 4.69) is 10.0 Å². The Morgan fingerprint density at radius 1 is 1.69 bits per heavy atom. The standard InChI is InChI=1S/C7H11F2N3O/c1-2-4-6(7(4,8)9)5(3-13)11-12-10/h4-6,13H,2-3H2,1H3. The smallest absolute Gasteiger partial charge is 0.255 e. The first-order valence-corrected chi connectivity index (χ1v) is 4.12. The van der Waals surface area contributed by atoms with E-state index < -0.39 is 30.4 Å². The maximum Gasteiger partial charge on any atom is 0.255 e. The fourth-order valence-electron chi connectivity index (χ4n) is 1.76. The Morgan fingerprint density at radius 2 is 2.31 bits per heavy atom. The topological polar surface area (TPSA) is 69.0 Å². The molecule has 0 saturated heterocycles. The monoisotopic (exact) mass is 191 g/mol. The maximum atomic E-state index is 12.9. The van der Waals surface area contributed by atoms with Gasteiger partial charge in [-0.15, -0.1) is 0 Å². The molecule has 0 bridgehead atoms. The fraction of sp³-hybridized carbons (Fsp3) is 1.00. The Morgan fingerprint density at radius 3 is 2.62 bits per heavy atom. The lowest BCUT2D eigenvalue weighted by atomic mass is 10.1. The van der Waals surface area contributed by atoms with Crippen molar-refractivity contribution in [1.82, 2.24) is 0 Å². The van der Waals surface area contributed by atoms with Crippen molar-refractivity contribution in [2.24, 2.45) is 17.0 Å². The van der Waals surface area contributed by atoms with Gasteiger partial charge in [0.2, 0.25) is 0 Å². The summed E-state index contributed by atoms with van der Waals surface area (Å²) in [6, 6.07) is -0.982. The van der Waals surface area contributed by atoms with E-state index in [1.165, 1.54) is 0 Å². The van der Waals surface area contributed by atoms with Gasteiger partial charge in [-0.25, -0.2) is 8.78 Å². The minimum absolute atomic E-state index is 0.342. The number of aliphatic hydroxyl groups excluding tert-OH is 1. The van der Waals surface area contributed by atoms with Crippen LogP contribution in [0.25, 0.3) is 10.4 Å². The number of hydrogen-bond acceptors (Lipinski definition) is 2. The Hall–Kier alpha value is -0.870. The van der Waals surface area contributed by atoms with Gasteiger partial charge in [0.25, 0.3) is 5.92 Å². The first kappa shape index (κ1) is 10.2. The molecule has 1 rings (SSSR count). The van der Waals surface area contributed by atoms with Crippen LogP contribution in [0.1, 0.15) is 13.3 Å². The van der Waals surface area contributed by atoms with Gasteiger partial charge >= 0.3 is 0 Å². The summed E-state index contributed by atoms with van der Waals surface area (Å²) in [6.45, 7) is 1.14. The lowest BCUT2D eigenvalue weighted by molar-refractivity contribution is 0.0744. The summed E-state index contributed by atoms with van der Waals surface area (Å²) >= 11 is 0. The molecule has 0 aromatic carbocycles. The number of nitrogens with zero attached hydrogens (tertiary/aromatic N) is 3. The molecule has 13 heavy (non-hydrogen) atoms. The first-order valence-electron chi connectivity index (χ1n) is 4.12. The molecule has 0 aromatic rings. The summed E-state index contributed by atoms with van der Waals surface area (Å²) in [5.41, 5.74) is 8.08. The minimum Gasteiger partial charge on any atom is -0.396 e. The van der Waals surface area contributed by atoms with Gasteiger partial charge in [0.05, 0.1) is 12.6 Å². The lowest BCUT2D eigenvalue weighted by Crippen LogP contribution is -2.16. The van der Waals surface area contributed by atoms with Crippen molar-refractivity contribution in [3.8, 4) is 0 Å². The van der Waals surface area contributed by atoms with Gasteiger partial charge in [-0.1, -0.05) is 12.0 Å². The predicted octanol–water partition coefficient (Wildman–Crippen LogP) is 1.95. The number of aliphatic hydroxyl groups is 1. The number of rotatable bonds is 4. The summed E-state index contributed by atoms with van der Waals surface area (Å²) in [5, 5.41) is 11.9. The molecule has 1 saturated carbocycles. The van der Waals surface area contributed by atoms with Crippen molar-refractivity contribution < 1.29 is 13.9 Å². The third-order valence-electron chi connectivity index (χ3n) is 2.50. The van der Waals surface area contributed by atoms with E-state index >= 15 is 0 Å². The number of hydrogen-bond donors (Lipinski definition) is 1. The molecule has 3 atom stereocenters. The van der Waals surface area contributed by atoms with E-state index in [9.17, 15) is 8.78 Å². The molecule has 6 heteroatoms. The Bertz CT molecular complexity index is 240. The van der Waals surface area contributed by atoms with Crippen LogP contribution in [-0.4, -0.2) is 23.7 Å². The third-order valence-corrected chi connectivity index (χ3v) is 2.50. The average molecular weight is 191 g/mol. The van der Waals surface area contributed by atoms with E-state index in [1.54, 1.807) is 6.92 Å². The van der Waals surface area contributed by atoms with E-state index in [4.69, 9.17) is 10.6 Å². The summed E-state index contributed by atoms with van der Waals surface area (Å²) in [7, 11) is 0. The van der Waals surface area contributed by atoms with Crippen LogP contribution in [-0.2, 0) is 0 Å². The minimum atomic E-state index is -2.77. The second-order valence-corrected chi connectivity index (χ2v) is 3.17. The summed E-state index contributed by atoms with van der Waals surface area (Å²) < 4.78 is 25.9. The fourth-order valence-corrected chi connectivity index (χ4v) is 1.76. The predicted molar refractivity (Wildman–Crippen MR) is 42.2 cm³/mol. The molecular formula is C7H11F2N3O. The zero-order valence-corrected chi connectivity index (χ0v) is 7.19. The molecule has 1 aliphatic rings. The Labute approximate surface area is 74.2 Å². The molecule has 1 fully saturated rings. The van der Waals surface area contributed by atoms with Gasteiger partial charge in [0.1, 0.15) is 0 Å². The van der Waals surface area contributed by atoms with Crippen LogP contribution >= 0.6 is 0 Å². The van der Waals surface area contributed by atoms with Crippen LogP contribution in [0.2, 0.25) is 0 Å². The second kappa shape index (κ2) is 3.47.